The average molecular weight is 292 g/mol. The maximum Gasteiger partial charge on any atom is 0.129 e. The molecule has 3 rings (SSSR count). The summed E-state index contributed by atoms with van der Waals surface area (Å²) in [4.78, 5) is 0. The zero-order valence-corrected chi connectivity index (χ0v) is 12.7. The molecule has 0 spiro atoms. The van der Waals surface area contributed by atoms with Gasteiger partial charge in [-0.15, -0.1) is 0 Å². The molecule has 0 radical (unpaired) electrons. The topological polar surface area (TPSA) is 58.9 Å². The third-order valence-corrected chi connectivity index (χ3v) is 4.37. The highest BCUT2D eigenvalue weighted by Crippen LogP contribution is 2.41. The van der Waals surface area contributed by atoms with E-state index in [0.29, 0.717) is 17.9 Å². The van der Waals surface area contributed by atoms with Gasteiger partial charge in [-0.1, -0.05) is 6.42 Å². The lowest BCUT2D eigenvalue weighted by Gasteiger charge is -2.36. The fourth-order valence-electron chi connectivity index (χ4n) is 3.26. The molecule has 1 aromatic rings. The number of aliphatic hydroxyl groups is 2. The zero-order valence-electron chi connectivity index (χ0n) is 12.7. The molecule has 1 saturated carbocycles. The molecule has 1 aromatic carbocycles. The van der Waals surface area contributed by atoms with Crippen molar-refractivity contribution in [2.45, 2.75) is 69.9 Å². The van der Waals surface area contributed by atoms with Crippen LogP contribution in [0.25, 0.3) is 0 Å². The standard InChI is InChI=1S/C17H24O4/c1-17(2)10-14(19)12-8-7-11(9-16(12)21-17)20-15-6-4-3-5-13(15)18/h7-9,13-15,18-19H,3-6,10H2,1-2H3. The van der Waals surface area contributed by atoms with Gasteiger partial charge < -0.3 is 19.7 Å². The molecule has 21 heavy (non-hydrogen) atoms. The molecular formula is C17H24O4. The average Bonchev–Trinajstić information content (AvgIpc) is 2.39. The van der Waals surface area contributed by atoms with Gasteiger partial charge in [-0.2, -0.15) is 0 Å². The molecule has 0 saturated heterocycles. The number of rotatable bonds is 2. The second-order valence-corrected chi connectivity index (χ2v) is 6.79. The maximum atomic E-state index is 10.2. The number of hydrogen-bond donors (Lipinski definition) is 2. The van der Waals surface area contributed by atoms with E-state index in [2.05, 4.69) is 0 Å². The molecule has 116 valence electrons. The summed E-state index contributed by atoms with van der Waals surface area (Å²) in [6.07, 6.45) is 3.39. The van der Waals surface area contributed by atoms with Gasteiger partial charge in [-0.3, -0.25) is 0 Å². The van der Waals surface area contributed by atoms with E-state index >= 15 is 0 Å². The first-order valence-corrected chi connectivity index (χ1v) is 7.80. The Morgan fingerprint density at radius 1 is 1.19 bits per heavy atom. The Morgan fingerprint density at radius 2 is 1.95 bits per heavy atom. The molecule has 0 amide bonds. The molecule has 1 fully saturated rings. The van der Waals surface area contributed by atoms with Crippen molar-refractivity contribution in [1.29, 1.82) is 0 Å². The van der Waals surface area contributed by atoms with Crippen molar-refractivity contribution >= 4 is 0 Å². The van der Waals surface area contributed by atoms with Crippen LogP contribution in [0.5, 0.6) is 11.5 Å². The van der Waals surface area contributed by atoms with Gasteiger partial charge in [0.25, 0.3) is 0 Å². The van der Waals surface area contributed by atoms with E-state index in [4.69, 9.17) is 9.47 Å². The Balaban J connectivity index is 1.79. The van der Waals surface area contributed by atoms with Crippen LogP contribution in [-0.2, 0) is 0 Å². The number of aliphatic hydroxyl groups excluding tert-OH is 2. The second kappa shape index (κ2) is 5.50. The maximum absolute atomic E-state index is 10.2. The smallest absolute Gasteiger partial charge is 0.129 e. The minimum atomic E-state index is -0.502. The molecule has 3 atom stereocenters. The summed E-state index contributed by atoms with van der Waals surface area (Å²) < 4.78 is 11.9. The Kier molecular flexibility index (Phi) is 3.84. The highest BCUT2D eigenvalue weighted by atomic mass is 16.5. The summed E-state index contributed by atoms with van der Waals surface area (Å²) in [7, 11) is 0. The highest BCUT2D eigenvalue weighted by molar-refractivity contribution is 5.44. The van der Waals surface area contributed by atoms with Crippen LogP contribution in [0.3, 0.4) is 0 Å². The van der Waals surface area contributed by atoms with E-state index in [9.17, 15) is 10.2 Å². The molecule has 2 aliphatic rings. The minimum absolute atomic E-state index is 0.140. The fraction of sp³-hybridized carbons (Fsp3) is 0.647. The summed E-state index contributed by atoms with van der Waals surface area (Å²) in [6.45, 7) is 3.94. The van der Waals surface area contributed by atoms with Crippen LogP contribution in [0.2, 0.25) is 0 Å². The van der Waals surface area contributed by atoms with Gasteiger partial charge in [-0.25, -0.2) is 0 Å². The van der Waals surface area contributed by atoms with E-state index < -0.39 is 12.2 Å². The van der Waals surface area contributed by atoms with Crippen molar-refractivity contribution < 1.29 is 19.7 Å². The summed E-state index contributed by atoms with van der Waals surface area (Å²) in [5.74, 6) is 1.38. The predicted octanol–water partition coefficient (Wildman–Crippen LogP) is 2.96. The quantitative estimate of drug-likeness (QED) is 0.880. The lowest BCUT2D eigenvalue weighted by atomic mass is 9.91. The summed E-state index contributed by atoms with van der Waals surface area (Å²) in [5.41, 5.74) is 0.431. The first-order valence-electron chi connectivity index (χ1n) is 7.80. The Bertz CT molecular complexity index is 512. The minimum Gasteiger partial charge on any atom is -0.488 e. The molecule has 4 heteroatoms. The molecular weight excluding hydrogens is 268 g/mol. The Labute approximate surface area is 125 Å². The van der Waals surface area contributed by atoms with Crippen LogP contribution in [0, 0.1) is 0 Å². The van der Waals surface area contributed by atoms with Crippen molar-refractivity contribution in [3.63, 3.8) is 0 Å². The Hall–Kier alpha value is -1.26. The molecule has 3 unspecified atom stereocenters. The molecule has 0 bridgehead atoms. The van der Waals surface area contributed by atoms with Gasteiger partial charge in [0.2, 0.25) is 0 Å². The van der Waals surface area contributed by atoms with Gasteiger partial charge in [0.05, 0.1) is 12.2 Å². The molecule has 1 heterocycles. The molecule has 1 aliphatic carbocycles. The monoisotopic (exact) mass is 292 g/mol. The van der Waals surface area contributed by atoms with E-state index in [1.165, 1.54) is 0 Å². The van der Waals surface area contributed by atoms with Crippen LogP contribution in [0.4, 0.5) is 0 Å². The highest BCUT2D eigenvalue weighted by Gasteiger charge is 2.33. The first kappa shape index (κ1) is 14.7. The van der Waals surface area contributed by atoms with Gasteiger partial charge in [0.15, 0.2) is 0 Å². The normalized spacial score (nSPS) is 31.1. The van der Waals surface area contributed by atoms with Gasteiger partial charge >= 0.3 is 0 Å². The lowest BCUT2D eigenvalue weighted by molar-refractivity contribution is 0.00285. The van der Waals surface area contributed by atoms with Crippen LogP contribution >= 0.6 is 0 Å². The Morgan fingerprint density at radius 3 is 2.71 bits per heavy atom. The van der Waals surface area contributed by atoms with Crippen molar-refractivity contribution in [3.8, 4) is 11.5 Å². The van der Waals surface area contributed by atoms with E-state index in [0.717, 1.165) is 31.2 Å². The third kappa shape index (κ3) is 3.16. The van der Waals surface area contributed by atoms with Crippen LogP contribution < -0.4 is 9.47 Å². The van der Waals surface area contributed by atoms with E-state index in [1.54, 1.807) is 0 Å². The number of benzene rings is 1. The largest absolute Gasteiger partial charge is 0.488 e. The molecule has 2 N–H and O–H groups in total. The van der Waals surface area contributed by atoms with Gasteiger partial charge in [-0.05, 0) is 45.2 Å². The van der Waals surface area contributed by atoms with Crippen molar-refractivity contribution in [2.75, 3.05) is 0 Å². The lowest BCUT2D eigenvalue weighted by Crippen LogP contribution is -2.35. The van der Waals surface area contributed by atoms with Crippen LogP contribution in [-0.4, -0.2) is 28.0 Å². The SMILES string of the molecule is CC1(C)CC(O)c2ccc(OC3CCCCC3O)cc2O1. The summed E-state index contributed by atoms with van der Waals surface area (Å²) in [5, 5.41) is 20.2. The molecule has 4 nitrogen and oxygen atoms in total. The fourth-order valence-corrected chi connectivity index (χ4v) is 3.26. The zero-order chi connectivity index (χ0) is 15.0. The third-order valence-electron chi connectivity index (χ3n) is 4.37. The van der Waals surface area contributed by atoms with Crippen LogP contribution in [0.15, 0.2) is 18.2 Å². The number of ether oxygens (including phenoxy) is 2. The van der Waals surface area contributed by atoms with Crippen molar-refractivity contribution in [1.82, 2.24) is 0 Å². The van der Waals surface area contributed by atoms with Crippen molar-refractivity contribution in [3.05, 3.63) is 23.8 Å². The van der Waals surface area contributed by atoms with E-state index in [1.807, 2.05) is 32.0 Å². The van der Waals surface area contributed by atoms with E-state index in [-0.39, 0.29) is 11.7 Å². The van der Waals surface area contributed by atoms with Crippen LogP contribution in [0.1, 0.15) is 57.6 Å². The van der Waals surface area contributed by atoms with Gasteiger partial charge in [0, 0.05) is 18.1 Å². The number of fused-ring (bicyclic) bond motifs is 1. The first-order chi connectivity index (χ1) is 9.94. The molecule has 1 aliphatic heterocycles. The summed E-state index contributed by atoms with van der Waals surface area (Å²) >= 11 is 0. The van der Waals surface area contributed by atoms with Crippen molar-refractivity contribution in [2.24, 2.45) is 0 Å². The second-order valence-electron chi connectivity index (χ2n) is 6.79. The van der Waals surface area contributed by atoms with Gasteiger partial charge in [0.1, 0.15) is 23.2 Å². The summed E-state index contributed by atoms with van der Waals surface area (Å²) in [6, 6.07) is 5.55. The predicted molar refractivity (Wildman–Crippen MR) is 79.6 cm³/mol. The molecule has 0 aromatic heterocycles. The number of hydrogen-bond acceptors (Lipinski definition) is 4.